The zero-order valence-corrected chi connectivity index (χ0v) is 21.3. The SMILES string of the molecule is CCCCc1ccc(NC(=O)CSc2nc3ccccc3c(=O)n2-c2ccc(C(C)C)cc2)cc1. The highest BCUT2D eigenvalue weighted by atomic mass is 32.2. The highest BCUT2D eigenvalue weighted by Gasteiger charge is 2.15. The molecule has 0 spiro atoms. The number of aryl methyl sites for hydroxylation is 1. The molecule has 0 aliphatic heterocycles. The Kier molecular flexibility index (Phi) is 8.03. The van der Waals surface area contributed by atoms with Crippen molar-refractivity contribution in [3.8, 4) is 5.69 Å². The van der Waals surface area contributed by atoms with E-state index in [-0.39, 0.29) is 17.2 Å². The number of carbonyl (C=O) groups excluding carboxylic acids is 1. The van der Waals surface area contributed by atoms with Gasteiger partial charge in [-0.25, -0.2) is 4.98 Å². The molecule has 4 aromatic rings. The van der Waals surface area contributed by atoms with Crippen molar-refractivity contribution in [1.82, 2.24) is 9.55 Å². The predicted octanol–water partition coefficient (Wildman–Crippen LogP) is 6.58. The second kappa shape index (κ2) is 11.4. The third-order valence-corrected chi connectivity index (χ3v) is 6.89. The number of nitrogens with one attached hydrogen (secondary N) is 1. The first-order valence-corrected chi connectivity index (χ1v) is 13.1. The smallest absolute Gasteiger partial charge is 0.266 e. The Morgan fingerprint density at radius 3 is 2.40 bits per heavy atom. The second-order valence-electron chi connectivity index (χ2n) is 8.94. The number of hydrogen-bond acceptors (Lipinski definition) is 4. The van der Waals surface area contributed by atoms with Crippen molar-refractivity contribution in [2.24, 2.45) is 0 Å². The molecule has 0 saturated heterocycles. The van der Waals surface area contributed by atoms with Crippen LogP contribution in [0, 0.1) is 0 Å². The fourth-order valence-corrected chi connectivity index (χ4v) is 4.72. The molecular formula is C29H31N3O2S. The molecule has 5 nitrogen and oxygen atoms in total. The number of hydrogen-bond donors (Lipinski definition) is 1. The van der Waals surface area contributed by atoms with Gasteiger partial charge in [0.15, 0.2) is 5.16 Å². The molecule has 1 amide bonds. The molecule has 0 bridgehead atoms. The van der Waals surface area contributed by atoms with Crippen LogP contribution in [0.3, 0.4) is 0 Å². The van der Waals surface area contributed by atoms with Crippen LogP contribution >= 0.6 is 11.8 Å². The molecule has 1 heterocycles. The van der Waals surface area contributed by atoms with Gasteiger partial charge in [0.05, 0.1) is 22.3 Å². The minimum absolute atomic E-state index is 0.138. The molecule has 3 aromatic carbocycles. The quantitative estimate of drug-likeness (QED) is 0.215. The van der Waals surface area contributed by atoms with Crippen LogP contribution in [0.15, 0.2) is 82.7 Å². The molecule has 180 valence electrons. The summed E-state index contributed by atoms with van der Waals surface area (Å²) >= 11 is 1.26. The lowest BCUT2D eigenvalue weighted by Gasteiger charge is -2.14. The Bertz CT molecular complexity index is 1360. The average Bonchev–Trinajstić information content (AvgIpc) is 2.87. The van der Waals surface area contributed by atoms with Gasteiger partial charge in [0.1, 0.15) is 0 Å². The number of fused-ring (bicyclic) bond motifs is 1. The summed E-state index contributed by atoms with van der Waals surface area (Å²) in [6.45, 7) is 6.45. The molecule has 6 heteroatoms. The Balaban J connectivity index is 1.56. The van der Waals surface area contributed by atoms with E-state index in [1.165, 1.54) is 22.9 Å². The molecule has 0 saturated carbocycles. The molecule has 1 aromatic heterocycles. The van der Waals surface area contributed by atoms with Crippen molar-refractivity contribution in [2.75, 3.05) is 11.1 Å². The normalized spacial score (nSPS) is 11.2. The van der Waals surface area contributed by atoms with E-state index in [2.05, 4.69) is 38.2 Å². The fraction of sp³-hybridized carbons (Fsp3) is 0.276. The Labute approximate surface area is 210 Å². The standard InChI is InChI=1S/C29H31N3O2S/c1-4-5-8-21-11-15-23(16-12-21)30-27(33)19-35-29-31-26-10-7-6-9-25(26)28(34)32(29)24-17-13-22(14-18-24)20(2)3/h6-7,9-18,20H,4-5,8,19H2,1-3H3,(H,30,33). The van der Waals surface area contributed by atoms with Crippen LogP contribution in [0.2, 0.25) is 0 Å². The van der Waals surface area contributed by atoms with Gasteiger partial charge in [-0.2, -0.15) is 0 Å². The van der Waals surface area contributed by atoms with Crippen LogP contribution in [0.4, 0.5) is 5.69 Å². The minimum Gasteiger partial charge on any atom is -0.325 e. The maximum absolute atomic E-state index is 13.4. The Morgan fingerprint density at radius 1 is 1.00 bits per heavy atom. The lowest BCUT2D eigenvalue weighted by Crippen LogP contribution is -2.23. The van der Waals surface area contributed by atoms with Crippen LogP contribution in [-0.2, 0) is 11.2 Å². The Morgan fingerprint density at radius 2 is 1.71 bits per heavy atom. The predicted molar refractivity (Wildman–Crippen MR) is 146 cm³/mol. The van der Waals surface area contributed by atoms with E-state index in [1.54, 1.807) is 10.6 Å². The van der Waals surface area contributed by atoms with E-state index in [4.69, 9.17) is 4.98 Å². The number of nitrogens with zero attached hydrogens (tertiary/aromatic N) is 2. The third-order valence-electron chi connectivity index (χ3n) is 5.95. The number of rotatable bonds is 9. The third kappa shape index (κ3) is 6.01. The molecular weight excluding hydrogens is 454 g/mol. The van der Waals surface area contributed by atoms with Crippen molar-refractivity contribution in [1.29, 1.82) is 0 Å². The van der Waals surface area contributed by atoms with Gasteiger partial charge in [0.25, 0.3) is 5.56 Å². The number of aromatic nitrogens is 2. The number of amides is 1. The molecule has 0 fully saturated rings. The van der Waals surface area contributed by atoms with E-state index in [0.717, 1.165) is 30.6 Å². The number of thioether (sulfide) groups is 1. The van der Waals surface area contributed by atoms with Gasteiger partial charge in [-0.3, -0.25) is 14.2 Å². The van der Waals surface area contributed by atoms with Crippen molar-refractivity contribution in [3.05, 3.63) is 94.3 Å². The summed E-state index contributed by atoms with van der Waals surface area (Å²) in [7, 11) is 0. The van der Waals surface area contributed by atoms with Gasteiger partial charge < -0.3 is 5.32 Å². The molecule has 1 N–H and O–H groups in total. The van der Waals surface area contributed by atoms with Gasteiger partial charge >= 0.3 is 0 Å². The first kappa shape index (κ1) is 24.7. The largest absolute Gasteiger partial charge is 0.325 e. The van der Waals surface area contributed by atoms with Gasteiger partial charge in [-0.1, -0.05) is 75.4 Å². The van der Waals surface area contributed by atoms with Crippen LogP contribution in [-0.4, -0.2) is 21.2 Å². The average molecular weight is 486 g/mol. The molecule has 0 atom stereocenters. The number of anilines is 1. The molecule has 0 aliphatic carbocycles. The van der Waals surface area contributed by atoms with E-state index in [0.29, 0.717) is 22.0 Å². The van der Waals surface area contributed by atoms with Gasteiger partial charge in [-0.05, 0) is 66.3 Å². The topological polar surface area (TPSA) is 64.0 Å². The maximum atomic E-state index is 13.4. The molecule has 4 rings (SSSR count). The summed E-state index contributed by atoms with van der Waals surface area (Å²) in [5.74, 6) is 0.404. The summed E-state index contributed by atoms with van der Waals surface area (Å²) in [5.41, 5.74) is 4.46. The molecule has 0 radical (unpaired) electrons. The summed E-state index contributed by atoms with van der Waals surface area (Å²) in [4.78, 5) is 30.9. The van der Waals surface area contributed by atoms with Gasteiger partial charge in [-0.15, -0.1) is 0 Å². The van der Waals surface area contributed by atoms with Gasteiger partial charge in [0.2, 0.25) is 5.91 Å². The number of unbranched alkanes of at least 4 members (excludes halogenated alkanes) is 1. The number of benzene rings is 3. The lowest BCUT2D eigenvalue weighted by molar-refractivity contribution is -0.113. The second-order valence-corrected chi connectivity index (χ2v) is 9.88. The monoisotopic (exact) mass is 485 g/mol. The van der Waals surface area contributed by atoms with Crippen molar-refractivity contribution in [2.45, 2.75) is 51.1 Å². The lowest BCUT2D eigenvalue weighted by atomic mass is 10.0. The zero-order chi connectivity index (χ0) is 24.8. The van der Waals surface area contributed by atoms with Crippen LogP contribution in [0.1, 0.15) is 50.7 Å². The number of para-hydroxylation sites is 1. The van der Waals surface area contributed by atoms with E-state index in [9.17, 15) is 9.59 Å². The molecule has 35 heavy (non-hydrogen) atoms. The van der Waals surface area contributed by atoms with Crippen LogP contribution < -0.4 is 10.9 Å². The Hall–Kier alpha value is -3.38. The summed E-state index contributed by atoms with van der Waals surface area (Å²) in [5, 5.41) is 4.00. The van der Waals surface area contributed by atoms with Crippen LogP contribution in [0.25, 0.3) is 16.6 Å². The van der Waals surface area contributed by atoms with Crippen LogP contribution in [0.5, 0.6) is 0 Å². The van der Waals surface area contributed by atoms with E-state index in [1.807, 2.05) is 54.6 Å². The van der Waals surface area contributed by atoms with E-state index < -0.39 is 0 Å². The maximum Gasteiger partial charge on any atom is 0.266 e. The highest BCUT2D eigenvalue weighted by molar-refractivity contribution is 7.99. The molecule has 0 unspecified atom stereocenters. The van der Waals surface area contributed by atoms with Gasteiger partial charge in [0, 0.05) is 5.69 Å². The first-order valence-electron chi connectivity index (χ1n) is 12.1. The summed E-state index contributed by atoms with van der Waals surface area (Å²) < 4.78 is 1.60. The first-order chi connectivity index (χ1) is 17.0. The molecule has 0 aliphatic rings. The van der Waals surface area contributed by atoms with Crippen molar-refractivity contribution in [3.63, 3.8) is 0 Å². The summed E-state index contributed by atoms with van der Waals surface area (Å²) in [6.07, 6.45) is 3.36. The van der Waals surface area contributed by atoms with Crippen molar-refractivity contribution >= 4 is 34.3 Å². The fourth-order valence-electron chi connectivity index (χ4n) is 3.91. The number of carbonyl (C=O) groups is 1. The zero-order valence-electron chi connectivity index (χ0n) is 20.5. The van der Waals surface area contributed by atoms with Crippen molar-refractivity contribution < 1.29 is 4.79 Å². The van der Waals surface area contributed by atoms with E-state index >= 15 is 0 Å². The summed E-state index contributed by atoms with van der Waals surface area (Å²) in [6, 6.07) is 23.3. The minimum atomic E-state index is -0.140. The highest BCUT2D eigenvalue weighted by Crippen LogP contribution is 2.23.